The molecule has 0 aliphatic carbocycles. The van der Waals surface area contributed by atoms with Crippen LogP contribution in [0.25, 0.3) is 0 Å². The number of ether oxygens (including phenoxy) is 1. The molecule has 1 aromatic rings. The lowest BCUT2D eigenvalue weighted by Gasteiger charge is -2.32. The van der Waals surface area contributed by atoms with Crippen LogP contribution >= 0.6 is 22.9 Å². The molecule has 1 aromatic heterocycles. The molecule has 2 atom stereocenters. The van der Waals surface area contributed by atoms with Gasteiger partial charge in [-0.2, -0.15) is 0 Å². The SMILES string of the molecule is CC(C(=O)N1CCOCC1)N1CC[C@H](NS(=O)(=O)CCc2ccc(Cl)s2)C1=O. The van der Waals surface area contributed by atoms with Gasteiger partial charge in [0, 0.05) is 24.5 Å². The van der Waals surface area contributed by atoms with Gasteiger partial charge in [0.15, 0.2) is 0 Å². The second-order valence-electron chi connectivity index (χ2n) is 6.88. The van der Waals surface area contributed by atoms with Gasteiger partial charge in [0.1, 0.15) is 12.1 Å². The predicted molar refractivity (Wildman–Crippen MR) is 107 cm³/mol. The van der Waals surface area contributed by atoms with Crippen LogP contribution in [0.5, 0.6) is 0 Å². The Hall–Kier alpha value is -1.20. The number of halogens is 1. The Labute approximate surface area is 173 Å². The first kappa shape index (κ1) is 21.5. The van der Waals surface area contributed by atoms with E-state index in [9.17, 15) is 18.0 Å². The Morgan fingerprint density at radius 3 is 2.71 bits per heavy atom. The summed E-state index contributed by atoms with van der Waals surface area (Å²) in [5.41, 5.74) is 0. The van der Waals surface area contributed by atoms with E-state index >= 15 is 0 Å². The molecular weight excluding hydrogens is 426 g/mol. The van der Waals surface area contributed by atoms with Crippen LogP contribution < -0.4 is 4.72 Å². The monoisotopic (exact) mass is 449 g/mol. The summed E-state index contributed by atoms with van der Waals surface area (Å²) >= 11 is 7.20. The molecule has 1 N–H and O–H groups in total. The van der Waals surface area contributed by atoms with Gasteiger partial charge in [-0.1, -0.05) is 11.6 Å². The fourth-order valence-corrected chi connectivity index (χ4v) is 5.85. The number of hydrogen-bond acceptors (Lipinski definition) is 6. The molecule has 11 heteroatoms. The summed E-state index contributed by atoms with van der Waals surface area (Å²) in [5, 5.41) is 0. The predicted octanol–water partition coefficient (Wildman–Crippen LogP) is 0.712. The number of morpholine rings is 1. The molecule has 2 fully saturated rings. The number of nitrogens with one attached hydrogen (secondary N) is 1. The summed E-state index contributed by atoms with van der Waals surface area (Å²) in [7, 11) is -3.62. The highest BCUT2D eigenvalue weighted by Gasteiger charge is 2.39. The highest BCUT2D eigenvalue weighted by atomic mass is 35.5. The lowest BCUT2D eigenvalue weighted by Crippen LogP contribution is -2.52. The van der Waals surface area contributed by atoms with E-state index in [-0.39, 0.29) is 17.6 Å². The smallest absolute Gasteiger partial charge is 0.245 e. The van der Waals surface area contributed by atoms with Gasteiger partial charge in [-0.05, 0) is 31.9 Å². The second kappa shape index (κ2) is 9.08. The fraction of sp³-hybridized carbons (Fsp3) is 0.647. The molecule has 2 amide bonds. The topological polar surface area (TPSA) is 96.0 Å². The zero-order chi connectivity index (χ0) is 20.3. The molecular formula is C17H24ClN3O5S2. The van der Waals surface area contributed by atoms with Crippen LogP contribution in [0.2, 0.25) is 4.34 Å². The molecule has 0 saturated carbocycles. The third-order valence-electron chi connectivity index (χ3n) is 4.96. The van der Waals surface area contributed by atoms with Crippen LogP contribution in [0.1, 0.15) is 18.2 Å². The summed E-state index contributed by atoms with van der Waals surface area (Å²) < 4.78 is 33.1. The van der Waals surface area contributed by atoms with Gasteiger partial charge >= 0.3 is 0 Å². The maximum atomic E-state index is 12.7. The summed E-state index contributed by atoms with van der Waals surface area (Å²) in [6.45, 7) is 4.04. The zero-order valence-electron chi connectivity index (χ0n) is 15.6. The van der Waals surface area contributed by atoms with Crippen LogP contribution in [0.15, 0.2) is 12.1 Å². The highest BCUT2D eigenvalue weighted by molar-refractivity contribution is 7.89. The van der Waals surface area contributed by atoms with Crippen molar-refractivity contribution in [2.45, 2.75) is 31.8 Å². The minimum Gasteiger partial charge on any atom is -0.378 e. The van der Waals surface area contributed by atoms with Gasteiger partial charge < -0.3 is 14.5 Å². The largest absolute Gasteiger partial charge is 0.378 e. The molecule has 8 nitrogen and oxygen atoms in total. The molecule has 1 unspecified atom stereocenters. The van der Waals surface area contributed by atoms with Crippen molar-refractivity contribution in [3.63, 3.8) is 0 Å². The molecule has 2 aliphatic heterocycles. The molecule has 0 radical (unpaired) electrons. The maximum Gasteiger partial charge on any atom is 0.245 e. The molecule has 0 aromatic carbocycles. The zero-order valence-corrected chi connectivity index (χ0v) is 18.0. The number of thiophene rings is 1. The molecule has 2 aliphatic rings. The van der Waals surface area contributed by atoms with E-state index in [4.69, 9.17) is 16.3 Å². The van der Waals surface area contributed by atoms with Crippen LogP contribution in [-0.4, -0.2) is 80.7 Å². The number of carbonyl (C=O) groups is 2. The number of sulfonamides is 1. The molecule has 0 bridgehead atoms. The van der Waals surface area contributed by atoms with Crippen LogP contribution in [0, 0.1) is 0 Å². The Balaban J connectivity index is 1.54. The second-order valence-corrected chi connectivity index (χ2v) is 10.6. The van der Waals surface area contributed by atoms with E-state index in [0.717, 1.165) is 4.88 Å². The number of nitrogens with zero attached hydrogens (tertiary/aromatic N) is 2. The van der Waals surface area contributed by atoms with Crippen molar-refractivity contribution < 1.29 is 22.7 Å². The van der Waals surface area contributed by atoms with E-state index < -0.39 is 22.1 Å². The molecule has 2 saturated heterocycles. The van der Waals surface area contributed by atoms with Crippen molar-refractivity contribution in [1.82, 2.24) is 14.5 Å². The minimum atomic E-state index is -3.62. The van der Waals surface area contributed by atoms with Crippen LogP contribution in [-0.2, 0) is 30.8 Å². The number of aryl methyl sites for hydroxylation is 1. The van der Waals surface area contributed by atoms with Crippen LogP contribution in [0.4, 0.5) is 0 Å². The van der Waals surface area contributed by atoms with E-state index in [2.05, 4.69) is 4.72 Å². The number of rotatable bonds is 7. The van der Waals surface area contributed by atoms with E-state index in [1.165, 1.54) is 16.2 Å². The Bertz CT molecular complexity index is 823. The van der Waals surface area contributed by atoms with Crippen molar-refractivity contribution in [1.29, 1.82) is 0 Å². The van der Waals surface area contributed by atoms with Gasteiger partial charge in [0.2, 0.25) is 21.8 Å². The van der Waals surface area contributed by atoms with Gasteiger partial charge in [-0.3, -0.25) is 9.59 Å². The molecule has 3 heterocycles. The third kappa shape index (κ3) is 5.24. The first-order chi connectivity index (χ1) is 13.3. The molecule has 0 spiro atoms. The summed E-state index contributed by atoms with van der Waals surface area (Å²) in [4.78, 5) is 29.3. The van der Waals surface area contributed by atoms with Gasteiger partial charge in [0.05, 0.1) is 23.3 Å². The van der Waals surface area contributed by atoms with E-state index in [0.29, 0.717) is 50.0 Å². The first-order valence-electron chi connectivity index (χ1n) is 9.18. The summed E-state index contributed by atoms with van der Waals surface area (Å²) in [6.07, 6.45) is 0.687. The number of likely N-dealkylation sites (tertiary alicyclic amines) is 1. The summed E-state index contributed by atoms with van der Waals surface area (Å²) in [5.74, 6) is -0.595. The number of amides is 2. The van der Waals surface area contributed by atoms with Gasteiger partial charge in [0.25, 0.3) is 0 Å². The standard InChI is InChI=1S/C17H24ClN3O5S2/c1-12(16(22)20-7-9-26-10-8-20)21-6-4-14(17(21)23)19-28(24,25)11-5-13-2-3-15(18)27-13/h2-3,12,14,19H,4-11H2,1H3/t12?,14-/m0/s1. The lowest BCUT2D eigenvalue weighted by molar-refractivity contribution is -0.146. The van der Waals surface area contributed by atoms with E-state index in [1.54, 1.807) is 24.0 Å². The Morgan fingerprint density at radius 2 is 2.07 bits per heavy atom. The molecule has 28 heavy (non-hydrogen) atoms. The summed E-state index contributed by atoms with van der Waals surface area (Å²) in [6, 6.07) is 2.08. The van der Waals surface area contributed by atoms with Crippen LogP contribution in [0.3, 0.4) is 0 Å². The normalized spacial score (nSPS) is 21.9. The maximum absolute atomic E-state index is 12.7. The Morgan fingerprint density at radius 1 is 1.36 bits per heavy atom. The number of carbonyl (C=O) groups excluding carboxylic acids is 2. The van der Waals surface area contributed by atoms with E-state index in [1.807, 2.05) is 0 Å². The Kier molecular flexibility index (Phi) is 6.98. The molecule has 3 rings (SSSR count). The molecule has 156 valence electrons. The highest BCUT2D eigenvalue weighted by Crippen LogP contribution is 2.22. The first-order valence-corrected chi connectivity index (χ1v) is 12.0. The third-order valence-corrected chi connectivity index (χ3v) is 7.63. The van der Waals surface area contributed by atoms with Crippen molar-refractivity contribution in [2.75, 3.05) is 38.6 Å². The minimum absolute atomic E-state index is 0.115. The quantitative estimate of drug-likeness (QED) is 0.661. The van der Waals surface area contributed by atoms with Gasteiger partial charge in [-0.25, -0.2) is 13.1 Å². The van der Waals surface area contributed by atoms with Crippen molar-refractivity contribution in [3.8, 4) is 0 Å². The average Bonchev–Trinajstić information content (AvgIpc) is 3.25. The van der Waals surface area contributed by atoms with Crippen molar-refractivity contribution in [2.24, 2.45) is 0 Å². The average molecular weight is 450 g/mol. The van der Waals surface area contributed by atoms with Gasteiger partial charge in [-0.15, -0.1) is 11.3 Å². The van der Waals surface area contributed by atoms with Crippen molar-refractivity contribution in [3.05, 3.63) is 21.3 Å². The fourth-order valence-electron chi connectivity index (χ4n) is 3.37. The number of hydrogen-bond donors (Lipinski definition) is 1. The lowest BCUT2D eigenvalue weighted by atomic mass is 10.2. The van der Waals surface area contributed by atoms with Crippen molar-refractivity contribution >= 4 is 44.8 Å².